The number of carbonyl (C=O) groups is 2. The van der Waals surface area contributed by atoms with Gasteiger partial charge in [0.1, 0.15) is 5.60 Å². The third kappa shape index (κ3) is 5.92. The number of anilines is 1. The molecule has 0 spiro atoms. The summed E-state index contributed by atoms with van der Waals surface area (Å²) >= 11 is 0. The van der Waals surface area contributed by atoms with Crippen LogP contribution in [0.15, 0.2) is 24.3 Å². The van der Waals surface area contributed by atoms with E-state index in [1.807, 2.05) is 18.7 Å². The summed E-state index contributed by atoms with van der Waals surface area (Å²) in [6, 6.07) is 3.96. The molecule has 38 heavy (non-hydrogen) atoms. The molecular formula is C27H29F5N2O4. The number of benzene rings is 2. The van der Waals surface area contributed by atoms with Crippen molar-refractivity contribution in [3.8, 4) is 5.75 Å². The molecular weight excluding hydrogens is 511 g/mol. The molecule has 1 aliphatic rings. The minimum Gasteiger partial charge on any atom is -0.444 e. The van der Waals surface area contributed by atoms with Crippen LogP contribution in [0.4, 0.5) is 32.4 Å². The summed E-state index contributed by atoms with van der Waals surface area (Å²) in [6.07, 6.45) is 2.99. The molecule has 2 atom stereocenters. The quantitative estimate of drug-likeness (QED) is 0.146. The Balaban J connectivity index is 1.88. The first-order valence-corrected chi connectivity index (χ1v) is 11.9. The molecule has 1 saturated heterocycles. The first kappa shape index (κ1) is 28.9. The Labute approximate surface area is 217 Å². The molecule has 1 amide bonds. The van der Waals surface area contributed by atoms with Gasteiger partial charge >= 0.3 is 12.1 Å². The molecule has 2 aromatic carbocycles. The zero-order valence-corrected chi connectivity index (χ0v) is 21.9. The maximum Gasteiger partial charge on any atom is 0.410 e. The lowest BCUT2D eigenvalue weighted by Gasteiger charge is -2.45. The molecule has 206 valence electrons. The minimum atomic E-state index is -2.35. The van der Waals surface area contributed by atoms with E-state index < -0.39 is 52.5 Å². The van der Waals surface area contributed by atoms with Crippen LogP contribution in [-0.2, 0) is 4.74 Å². The summed E-state index contributed by atoms with van der Waals surface area (Å²) in [5.41, 5.74) is 0.444. The number of rotatable bonds is 4. The molecule has 1 heterocycles. The largest absolute Gasteiger partial charge is 0.444 e. The molecule has 0 saturated carbocycles. The number of ether oxygens (including phenoxy) is 2. The smallest absolute Gasteiger partial charge is 0.410 e. The van der Waals surface area contributed by atoms with Crippen molar-refractivity contribution in [2.45, 2.75) is 59.2 Å². The molecule has 3 rings (SSSR count). The third-order valence-corrected chi connectivity index (χ3v) is 5.90. The molecule has 1 fully saturated rings. The van der Waals surface area contributed by atoms with E-state index >= 15 is 0 Å². The van der Waals surface area contributed by atoms with Crippen molar-refractivity contribution < 1.29 is 41.0 Å². The van der Waals surface area contributed by atoms with Crippen LogP contribution in [0.5, 0.6) is 5.75 Å². The number of allylic oxidation sites excluding steroid dienone is 1. The second kappa shape index (κ2) is 11.0. The van der Waals surface area contributed by atoms with E-state index in [-0.39, 0.29) is 17.6 Å². The third-order valence-electron chi connectivity index (χ3n) is 5.90. The van der Waals surface area contributed by atoms with Crippen molar-refractivity contribution in [2.24, 2.45) is 0 Å². The second-order valence-corrected chi connectivity index (χ2v) is 10.0. The van der Waals surface area contributed by atoms with Crippen LogP contribution < -0.4 is 9.64 Å². The maximum absolute atomic E-state index is 14.0. The van der Waals surface area contributed by atoms with E-state index in [4.69, 9.17) is 4.74 Å². The van der Waals surface area contributed by atoms with E-state index in [9.17, 15) is 31.5 Å². The van der Waals surface area contributed by atoms with E-state index in [2.05, 4.69) is 4.74 Å². The number of nitrogens with zero attached hydrogens (tertiary/aromatic N) is 2. The van der Waals surface area contributed by atoms with Crippen molar-refractivity contribution in [3.05, 3.63) is 64.5 Å². The van der Waals surface area contributed by atoms with Gasteiger partial charge in [0.25, 0.3) is 0 Å². The van der Waals surface area contributed by atoms with Gasteiger partial charge in [-0.05, 0) is 65.3 Å². The standard InChI is InChI=1S/C27H29F5N2O4/c1-7-8-16-11-17(25(35)37-24-22(31)20(29)19(28)21(30)23(24)32)9-10-18(16)33-12-15(3)34(13-14(33)2)26(36)38-27(4,5)6/h7-11,14-15H,12-13H2,1-6H3/b8-7-/t14-,15+/m0/s1. The molecule has 0 aliphatic carbocycles. The van der Waals surface area contributed by atoms with Gasteiger partial charge in [0, 0.05) is 30.9 Å². The van der Waals surface area contributed by atoms with E-state index in [0.29, 0.717) is 24.3 Å². The molecule has 2 aromatic rings. The van der Waals surface area contributed by atoms with Crippen LogP contribution in [0.2, 0.25) is 0 Å². The fourth-order valence-corrected chi connectivity index (χ4v) is 4.12. The number of hydrogen-bond acceptors (Lipinski definition) is 5. The predicted octanol–water partition coefficient (Wildman–Crippen LogP) is 6.47. The Morgan fingerprint density at radius 2 is 1.50 bits per heavy atom. The average Bonchev–Trinajstić information content (AvgIpc) is 2.84. The summed E-state index contributed by atoms with van der Waals surface area (Å²) < 4.78 is 78.4. The van der Waals surface area contributed by atoms with Gasteiger partial charge in [-0.25, -0.2) is 22.8 Å². The molecule has 11 heteroatoms. The Hall–Kier alpha value is -3.63. The molecule has 1 aliphatic heterocycles. The van der Waals surface area contributed by atoms with Gasteiger partial charge in [-0.2, -0.15) is 8.78 Å². The highest BCUT2D eigenvalue weighted by molar-refractivity contribution is 5.93. The Morgan fingerprint density at radius 3 is 2.05 bits per heavy atom. The normalized spacial score (nSPS) is 18.2. The van der Waals surface area contributed by atoms with E-state index in [0.717, 1.165) is 0 Å². The highest BCUT2D eigenvalue weighted by Crippen LogP contribution is 2.32. The highest BCUT2D eigenvalue weighted by Gasteiger charge is 2.35. The maximum atomic E-state index is 14.0. The lowest BCUT2D eigenvalue weighted by molar-refractivity contribution is 0.0130. The first-order chi connectivity index (χ1) is 17.7. The van der Waals surface area contributed by atoms with Gasteiger partial charge in [0.2, 0.25) is 34.8 Å². The molecule has 6 nitrogen and oxygen atoms in total. The summed E-state index contributed by atoms with van der Waals surface area (Å²) in [4.78, 5) is 29.0. The van der Waals surface area contributed by atoms with Gasteiger partial charge in [-0.15, -0.1) is 0 Å². The summed E-state index contributed by atoms with van der Waals surface area (Å²) in [5, 5.41) is 0. The molecule has 0 N–H and O–H groups in total. The van der Waals surface area contributed by atoms with E-state index in [1.54, 1.807) is 50.8 Å². The fourth-order valence-electron chi connectivity index (χ4n) is 4.12. The Morgan fingerprint density at radius 1 is 0.921 bits per heavy atom. The van der Waals surface area contributed by atoms with Crippen LogP contribution in [-0.4, -0.2) is 47.7 Å². The minimum absolute atomic E-state index is 0.145. The average molecular weight is 541 g/mol. The molecule has 0 bridgehead atoms. The number of esters is 1. The van der Waals surface area contributed by atoms with Gasteiger partial charge in [0.05, 0.1) is 5.56 Å². The van der Waals surface area contributed by atoms with Gasteiger partial charge in [-0.1, -0.05) is 12.2 Å². The van der Waals surface area contributed by atoms with Crippen molar-refractivity contribution in [1.29, 1.82) is 0 Å². The van der Waals surface area contributed by atoms with Crippen LogP contribution in [0.25, 0.3) is 6.08 Å². The molecule has 0 aromatic heterocycles. The van der Waals surface area contributed by atoms with Crippen LogP contribution in [0.3, 0.4) is 0 Å². The van der Waals surface area contributed by atoms with Crippen LogP contribution in [0.1, 0.15) is 57.5 Å². The van der Waals surface area contributed by atoms with Gasteiger partial charge < -0.3 is 19.3 Å². The number of halogens is 5. The zero-order valence-electron chi connectivity index (χ0n) is 21.9. The Kier molecular flexibility index (Phi) is 8.38. The predicted molar refractivity (Wildman–Crippen MR) is 132 cm³/mol. The number of amides is 1. The monoisotopic (exact) mass is 540 g/mol. The fraction of sp³-hybridized carbons (Fsp3) is 0.407. The van der Waals surface area contributed by atoms with Crippen molar-refractivity contribution in [2.75, 3.05) is 18.0 Å². The van der Waals surface area contributed by atoms with Crippen molar-refractivity contribution in [1.82, 2.24) is 4.90 Å². The van der Waals surface area contributed by atoms with Crippen molar-refractivity contribution >= 4 is 23.8 Å². The van der Waals surface area contributed by atoms with Gasteiger partial charge in [0.15, 0.2) is 0 Å². The summed E-state index contributed by atoms with van der Waals surface area (Å²) in [5.74, 6) is -14.3. The molecule has 0 radical (unpaired) electrons. The van der Waals surface area contributed by atoms with Crippen LogP contribution in [0, 0.1) is 29.1 Å². The number of piperazine rings is 1. The van der Waals surface area contributed by atoms with Gasteiger partial charge in [-0.3, -0.25) is 0 Å². The summed E-state index contributed by atoms with van der Waals surface area (Å²) in [6.45, 7) is 11.7. The topological polar surface area (TPSA) is 59.1 Å². The number of carbonyl (C=O) groups excluding carboxylic acids is 2. The number of hydrogen-bond donors (Lipinski definition) is 0. The lowest BCUT2D eigenvalue weighted by atomic mass is 10.0. The second-order valence-electron chi connectivity index (χ2n) is 10.0. The van der Waals surface area contributed by atoms with Crippen LogP contribution >= 0.6 is 0 Å². The first-order valence-electron chi connectivity index (χ1n) is 11.9. The SMILES string of the molecule is C/C=C\c1cc(C(=O)Oc2c(F)c(F)c(F)c(F)c2F)ccc1N1C[C@@H](C)N(C(=O)OC(C)(C)C)C[C@@H]1C. The highest BCUT2D eigenvalue weighted by atomic mass is 19.2. The summed E-state index contributed by atoms with van der Waals surface area (Å²) in [7, 11) is 0. The zero-order chi connectivity index (χ0) is 28.5. The van der Waals surface area contributed by atoms with Crippen molar-refractivity contribution in [3.63, 3.8) is 0 Å². The lowest BCUT2D eigenvalue weighted by Crippen LogP contribution is -2.59. The molecule has 0 unspecified atom stereocenters. The van der Waals surface area contributed by atoms with E-state index in [1.165, 1.54) is 12.1 Å². The Bertz CT molecular complexity index is 1250.